The van der Waals surface area contributed by atoms with Crippen LogP contribution in [0.1, 0.15) is 34.0 Å². The maximum atomic E-state index is 12.5. The number of hydrogen-bond donors (Lipinski definition) is 2. The van der Waals surface area contributed by atoms with Crippen molar-refractivity contribution in [3.05, 3.63) is 100 Å². The molecule has 138 valence electrons. The summed E-state index contributed by atoms with van der Waals surface area (Å²) < 4.78 is 0. The van der Waals surface area contributed by atoms with E-state index in [2.05, 4.69) is 35.8 Å². The predicted octanol–water partition coefficient (Wildman–Crippen LogP) is 5.44. The van der Waals surface area contributed by atoms with Gasteiger partial charge in [-0.1, -0.05) is 61.0 Å². The van der Waals surface area contributed by atoms with Crippen LogP contribution in [0.3, 0.4) is 0 Å². The summed E-state index contributed by atoms with van der Waals surface area (Å²) in [7, 11) is 0. The first-order valence-corrected chi connectivity index (χ1v) is 9.47. The largest absolute Gasteiger partial charge is 0.381 e. The van der Waals surface area contributed by atoms with E-state index >= 15 is 0 Å². The van der Waals surface area contributed by atoms with Gasteiger partial charge in [0.2, 0.25) is 0 Å². The molecule has 0 spiro atoms. The van der Waals surface area contributed by atoms with E-state index < -0.39 is 0 Å². The van der Waals surface area contributed by atoms with Crippen LogP contribution in [-0.2, 0) is 19.5 Å². The molecule has 0 aliphatic carbocycles. The van der Waals surface area contributed by atoms with Crippen molar-refractivity contribution in [2.24, 2.45) is 0 Å². The number of amides is 1. The van der Waals surface area contributed by atoms with Gasteiger partial charge < -0.3 is 10.6 Å². The molecule has 0 aliphatic heterocycles. The fourth-order valence-electron chi connectivity index (χ4n) is 2.91. The normalized spacial score (nSPS) is 10.4. The molecule has 0 fully saturated rings. The number of nitrogens with one attached hydrogen (secondary N) is 2. The molecule has 2 N–H and O–H groups in total. The molecule has 3 nitrogen and oxygen atoms in total. The Kier molecular flexibility index (Phi) is 6.50. The smallest absolute Gasteiger partial charge is 0.251 e. The number of rotatable bonds is 7. The van der Waals surface area contributed by atoms with Gasteiger partial charge in [-0.3, -0.25) is 4.79 Å². The van der Waals surface area contributed by atoms with Crippen LogP contribution in [0.5, 0.6) is 0 Å². The minimum Gasteiger partial charge on any atom is -0.381 e. The highest BCUT2D eigenvalue weighted by Crippen LogP contribution is 2.17. The fourth-order valence-corrected chi connectivity index (χ4v) is 3.03. The number of aryl methyl sites for hydroxylation is 1. The van der Waals surface area contributed by atoms with Gasteiger partial charge in [-0.25, -0.2) is 0 Å². The molecule has 27 heavy (non-hydrogen) atoms. The summed E-state index contributed by atoms with van der Waals surface area (Å²) in [5.74, 6) is -0.0826. The number of para-hydroxylation sites is 1. The lowest BCUT2D eigenvalue weighted by Crippen LogP contribution is -2.22. The number of carbonyl (C=O) groups excluding carboxylic acids is 1. The van der Waals surface area contributed by atoms with Crippen LogP contribution >= 0.6 is 11.6 Å². The van der Waals surface area contributed by atoms with E-state index in [1.165, 1.54) is 5.56 Å². The number of carbonyl (C=O) groups is 1. The summed E-state index contributed by atoms with van der Waals surface area (Å²) in [5, 5.41) is 7.11. The Hall–Kier alpha value is -2.78. The summed E-state index contributed by atoms with van der Waals surface area (Å²) in [6.07, 6.45) is 0.982. The van der Waals surface area contributed by atoms with Gasteiger partial charge >= 0.3 is 0 Å². The lowest BCUT2D eigenvalue weighted by atomic mass is 10.1. The third-order valence-electron chi connectivity index (χ3n) is 4.44. The second-order valence-electron chi connectivity index (χ2n) is 6.37. The molecule has 4 heteroatoms. The molecule has 0 aromatic heterocycles. The third kappa shape index (κ3) is 5.35. The first kappa shape index (κ1) is 19.0. The third-order valence-corrected chi connectivity index (χ3v) is 4.69. The number of benzene rings is 3. The second-order valence-corrected chi connectivity index (χ2v) is 6.81. The Labute approximate surface area is 165 Å². The molecule has 0 atom stereocenters. The molecule has 0 radical (unpaired) electrons. The van der Waals surface area contributed by atoms with Crippen molar-refractivity contribution < 1.29 is 4.79 Å². The Bertz CT molecular complexity index is 906. The van der Waals surface area contributed by atoms with E-state index in [0.29, 0.717) is 23.7 Å². The van der Waals surface area contributed by atoms with E-state index in [9.17, 15) is 4.79 Å². The summed E-state index contributed by atoms with van der Waals surface area (Å²) in [4.78, 5) is 12.5. The highest BCUT2D eigenvalue weighted by molar-refractivity contribution is 6.30. The Morgan fingerprint density at radius 3 is 2.44 bits per heavy atom. The fraction of sp³-hybridized carbons (Fsp3) is 0.174. The van der Waals surface area contributed by atoms with Gasteiger partial charge in [-0.2, -0.15) is 0 Å². The molecule has 0 saturated heterocycles. The maximum Gasteiger partial charge on any atom is 0.251 e. The van der Waals surface area contributed by atoms with Gasteiger partial charge in [-0.05, 0) is 53.4 Å². The first-order chi connectivity index (χ1) is 13.2. The van der Waals surface area contributed by atoms with Crippen molar-refractivity contribution in [1.82, 2.24) is 5.32 Å². The van der Waals surface area contributed by atoms with Gasteiger partial charge in [-0.15, -0.1) is 0 Å². The summed E-state index contributed by atoms with van der Waals surface area (Å²) in [6, 6.07) is 23.5. The Morgan fingerprint density at radius 1 is 0.889 bits per heavy atom. The van der Waals surface area contributed by atoms with E-state index in [0.717, 1.165) is 23.2 Å². The van der Waals surface area contributed by atoms with Crippen molar-refractivity contribution in [2.75, 3.05) is 5.32 Å². The first-order valence-electron chi connectivity index (χ1n) is 9.09. The van der Waals surface area contributed by atoms with Crippen LogP contribution in [0.4, 0.5) is 5.69 Å². The summed E-state index contributed by atoms with van der Waals surface area (Å²) >= 11 is 5.89. The van der Waals surface area contributed by atoms with E-state index in [1.807, 2.05) is 54.6 Å². The molecule has 0 saturated carbocycles. The average molecular weight is 379 g/mol. The zero-order valence-corrected chi connectivity index (χ0v) is 16.1. The summed E-state index contributed by atoms with van der Waals surface area (Å²) in [6.45, 7) is 3.30. The van der Waals surface area contributed by atoms with Crippen LogP contribution in [0, 0.1) is 0 Å². The van der Waals surface area contributed by atoms with E-state index in [-0.39, 0.29) is 5.91 Å². The van der Waals surface area contributed by atoms with Crippen LogP contribution in [0.15, 0.2) is 72.8 Å². The number of halogens is 1. The zero-order valence-electron chi connectivity index (χ0n) is 15.3. The predicted molar refractivity (Wildman–Crippen MR) is 112 cm³/mol. The van der Waals surface area contributed by atoms with Gasteiger partial charge in [0.25, 0.3) is 5.91 Å². The van der Waals surface area contributed by atoms with E-state index in [4.69, 9.17) is 11.6 Å². The zero-order chi connectivity index (χ0) is 19.1. The van der Waals surface area contributed by atoms with Gasteiger partial charge in [0.15, 0.2) is 0 Å². The molecule has 3 aromatic rings. The molecular weight excluding hydrogens is 356 g/mol. The maximum absolute atomic E-state index is 12.5. The van der Waals surface area contributed by atoms with Gasteiger partial charge in [0.1, 0.15) is 0 Å². The minimum atomic E-state index is -0.0826. The van der Waals surface area contributed by atoms with Crippen molar-refractivity contribution >= 4 is 23.2 Å². The number of anilines is 1. The lowest BCUT2D eigenvalue weighted by Gasteiger charge is -2.12. The highest BCUT2D eigenvalue weighted by Gasteiger charge is 2.07. The van der Waals surface area contributed by atoms with E-state index in [1.54, 1.807) is 0 Å². The Balaban J connectivity index is 1.60. The van der Waals surface area contributed by atoms with Crippen molar-refractivity contribution in [3.63, 3.8) is 0 Å². The molecule has 0 heterocycles. The molecule has 3 aromatic carbocycles. The highest BCUT2D eigenvalue weighted by atomic mass is 35.5. The SMILES string of the molecule is CCc1ccccc1NCc1cccc(C(=O)NCc2ccc(Cl)cc2)c1. The molecule has 1 amide bonds. The van der Waals surface area contributed by atoms with Crippen molar-refractivity contribution in [3.8, 4) is 0 Å². The molecular formula is C23H23ClN2O. The number of hydrogen-bond acceptors (Lipinski definition) is 2. The second kappa shape index (κ2) is 9.24. The van der Waals surface area contributed by atoms with Gasteiger partial charge in [0.05, 0.1) is 0 Å². The molecule has 0 unspecified atom stereocenters. The van der Waals surface area contributed by atoms with Crippen LogP contribution in [-0.4, -0.2) is 5.91 Å². The molecule has 3 rings (SSSR count). The topological polar surface area (TPSA) is 41.1 Å². The van der Waals surface area contributed by atoms with Crippen LogP contribution in [0.25, 0.3) is 0 Å². The van der Waals surface area contributed by atoms with Crippen LogP contribution in [0.2, 0.25) is 5.02 Å². The lowest BCUT2D eigenvalue weighted by molar-refractivity contribution is 0.0951. The summed E-state index contributed by atoms with van der Waals surface area (Å²) in [5.41, 5.74) is 5.17. The monoisotopic (exact) mass is 378 g/mol. The van der Waals surface area contributed by atoms with Crippen molar-refractivity contribution in [1.29, 1.82) is 0 Å². The minimum absolute atomic E-state index is 0.0826. The average Bonchev–Trinajstić information content (AvgIpc) is 2.72. The van der Waals surface area contributed by atoms with Crippen molar-refractivity contribution in [2.45, 2.75) is 26.4 Å². The molecule has 0 bridgehead atoms. The quantitative estimate of drug-likeness (QED) is 0.574. The Morgan fingerprint density at radius 2 is 1.67 bits per heavy atom. The standard InChI is InChI=1S/C23H23ClN2O/c1-2-19-7-3-4-9-22(19)25-16-18-6-5-8-20(14-18)23(27)26-15-17-10-12-21(24)13-11-17/h3-14,25H,2,15-16H2,1H3,(H,26,27). The van der Waals surface area contributed by atoms with Gasteiger partial charge in [0, 0.05) is 29.4 Å². The van der Waals surface area contributed by atoms with Crippen LogP contribution < -0.4 is 10.6 Å². The molecule has 0 aliphatic rings.